The van der Waals surface area contributed by atoms with Crippen LogP contribution in [0.15, 0.2) is 18.2 Å². The summed E-state index contributed by atoms with van der Waals surface area (Å²) in [7, 11) is 0. The third-order valence-corrected chi connectivity index (χ3v) is 2.81. The van der Waals surface area contributed by atoms with Gasteiger partial charge in [-0.2, -0.15) is 0 Å². The summed E-state index contributed by atoms with van der Waals surface area (Å²) in [5.74, 6) is -1.75. The van der Waals surface area contributed by atoms with E-state index >= 15 is 0 Å². The second-order valence-electron chi connectivity index (χ2n) is 4.47. The maximum absolute atomic E-state index is 13.4. The summed E-state index contributed by atoms with van der Waals surface area (Å²) in [5, 5.41) is 0. The molecular weight excluding hydrogens is 224 g/mol. The molecule has 1 atom stereocenters. The fourth-order valence-corrected chi connectivity index (χ4v) is 1.72. The Bertz CT molecular complexity index is 396. The number of carbonyl (C=O) groups is 1. The third kappa shape index (κ3) is 3.33. The minimum atomic E-state index is -1.02. The number of hydrogen-bond donors (Lipinski definition) is 1. The molecule has 94 valence electrons. The van der Waals surface area contributed by atoms with E-state index in [-0.39, 0.29) is 17.8 Å². The van der Waals surface area contributed by atoms with Gasteiger partial charge in [-0.3, -0.25) is 4.79 Å². The highest BCUT2D eigenvalue weighted by molar-refractivity contribution is 5.89. The zero-order valence-electron chi connectivity index (χ0n) is 10.1. The number of halogens is 2. The summed E-state index contributed by atoms with van der Waals surface area (Å²) in [6.45, 7) is 3.50. The molecule has 0 saturated heterocycles. The van der Waals surface area contributed by atoms with Crippen LogP contribution in [-0.2, 0) is 11.2 Å². The van der Waals surface area contributed by atoms with E-state index < -0.39 is 17.2 Å². The lowest BCUT2D eigenvalue weighted by Gasteiger charge is -2.22. The van der Waals surface area contributed by atoms with Crippen molar-refractivity contribution in [2.24, 2.45) is 5.73 Å². The van der Waals surface area contributed by atoms with Crippen LogP contribution in [0.3, 0.4) is 0 Å². The molecule has 0 aliphatic carbocycles. The second-order valence-corrected chi connectivity index (χ2v) is 4.47. The van der Waals surface area contributed by atoms with Crippen LogP contribution in [0.1, 0.15) is 32.3 Å². The average Bonchev–Trinajstić information content (AvgIpc) is 2.23. The van der Waals surface area contributed by atoms with Crippen LogP contribution in [-0.4, -0.2) is 11.3 Å². The van der Waals surface area contributed by atoms with Gasteiger partial charge in [0.15, 0.2) is 5.78 Å². The zero-order chi connectivity index (χ0) is 13.1. The normalized spacial score (nSPS) is 14.4. The summed E-state index contributed by atoms with van der Waals surface area (Å²) >= 11 is 0. The number of Topliss-reactive ketones (excluding diaryl/α,β-unsaturated/α-hetero) is 1. The largest absolute Gasteiger partial charge is 0.319 e. The topological polar surface area (TPSA) is 43.1 Å². The first-order chi connectivity index (χ1) is 7.88. The molecule has 0 aliphatic rings. The van der Waals surface area contributed by atoms with Gasteiger partial charge < -0.3 is 5.73 Å². The van der Waals surface area contributed by atoms with Gasteiger partial charge in [-0.05, 0) is 25.5 Å². The lowest BCUT2D eigenvalue weighted by Crippen LogP contribution is -2.45. The molecule has 0 heterocycles. The summed E-state index contributed by atoms with van der Waals surface area (Å²) in [6, 6.07) is 3.55. The van der Waals surface area contributed by atoms with Crippen molar-refractivity contribution >= 4 is 5.78 Å². The predicted octanol–water partition coefficient (Wildman–Crippen LogP) is 2.59. The first kappa shape index (κ1) is 13.8. The Hall–Kier alpha value is -1.29. The summed E-state index contributed by atoms with van der Waals surface area (Å²) < 4.78 is 26.7. The molecule has 0 aromatic heterocycles. The molecule has 0 bridgehead atoms. The van der Waals surface area contributed by atoms with Gasteiger partial charge in [-0.15, -0.1) is 0 Å². The maximum atomic E-state index is 13.4. The molecule has 1 unspecified atom stereocenters. The van der Waals surface area contributed by atoms with Gasteiger partial charge >= 0.3 is 0 Å². The van der Waals surface area contributed by atoms with Crippen LogP contribution in [0, 0.1) is 11.6 Å². The van der Waals surface area contributed by atoms with Crippen molar-refractivity contribution in [2.45, 2.75) is 38.6 Å². The van der Waals surface area contributed by atoms with Crippen molar-refractivity contribution in [1.29, 1.82) is 0 Å². The van der Waals surface area contributed by atoms with Gasteiger partial charge in [-0.1, -0.05) is 19.4 Å². The van der Waals surface area contributed by atoms with Gasteiger partial charge in [0.05, 0.1) is 5.54 Å². The van der Waals surface area contributed by atoms with Gasteiger partial charge in [0.2, 0.25) is 0 Å². The van der Waals surface area contributed by atoms with Gasteiger partial charge in [-0.25, -0.2) is 8.78 Å². The Labute approximate surface area is 99.8 Å². The molecule has 0 spiro atoms. The third-order valence-electron chi connectivity index (χ3n) is 2.81. The van der Waals surface area contributed by atoms with E-state index in [2.05, 4.69) is 0 Å². The zero-order valence-corrected chi connectivity index (χ0v) is 10.1. The monoisotopic (exact) mass is 241 g/mol. The molecular formula is C13H17F2NO. The highest BCUT2D eigenvalue weighted by Gasteiger charge is 2.28. The molecule has 0 saturated carbocycles. The van der Waals surface area contributed by atoms with E-state index in [1.807, 2.05) is 6.92 Å². The Balaban J connectivity index is 2.88. The molecule has 0 fully saturated rings. The van der Waals surface area contributed by atoms with Gasteiger partial charge in [0.25, 0.3) is 0 Å². The van der Waals surface area contributed by atoms with Gasteiger partial charge in [0.1, 0.15) is 11.6 Å². The van der Waals surface area contributed by atoms with Crippen LogP contribution in [0.4, 0.5) is 8.78 Å². The highest BCUT2D eigenvalue weighted by atomic mass is 19.1. The van der Waals surface area contributed by atoms with Crippen LogP contribution in [0.25, 0.3) is 0 Å². The fourth-order valence-electron chi connectivity index (χ4n) is 1.72. The van der Waals surface area contributed by atoms with Gasteiger partial charge in [0, 0.05) is 12.0 Å². The molecule has 0 radical (unpaired) electrons. The quantitative estimate of drug-likeness (QED) is 0.861. The Morgan fingerprint density at radius 1 is 1.35 bits per heavy atom. The number of carbonyl (C=O) groups excluding carboxylic acids is 1. The number of nitrogens with two attached hydrogens (primary N) is 1. The molecule has 4 heteroatoms. The standard InChI is InChI=1S/C13H17F2NO/c1-3-7-13(2,16)12(17)8-9-10(14)5-4-6-11(9)15/h4-6H,3,7-8,16H2,1-2H3. The summed E-state index contributed by atoms with van der Waals surface area (Å²) in [4.78, 5) is 11.9. The van der Waals surface area contributed by atoms with E-state index in [0.29, 0.717) is 6.42 Å². The van der Waals surface area contributed by atoms with Crippen molar-refractivity contribution in [1.82, 2.24) is 0 Å². The Kier molecular flexibility index (Phi) is 4.34. The van der Waals surface area contributed by atoms with Crippen LogP contribution >= 0.6 is 0 Å². The van der Waals surface area contributed by atoms with E-state index in [1.165, 1.54) is 6.07 Å². The molecule has 1 aromatic rings. The molecule has 0 aliphatic heterocycles. The summed E-state index contributed by atoms with van der Waals surface area (Å²) in [5.41, 5.74) is 4.60. The minimum absolute atomic E-state index is 0.203. The molecule has 0 amide bonds. The lowest BCUT2D eigenvalue weighted by atomic mass is 9.88. The molecule has 2 N–H and O–H groups in total. The number of hydrogen-bond acceptors (Lipinski definition) is 2. The maximum Gasteiger partial charge on any atom is 0.156 e. The molecule has 1 rings (SSSR count). The molecule has 1 aromatic carbocycles. The Morgan fingerprint density at radius 2 is 1.88 bits per heavy atom. The highest BCUT2D eigenvalue weighted by Crippen LogP contribution is 2.18. The van der Waals surface area contributed by atoms with E-state index in [4.69, 9.17) is 5.73 Å². The van der Waals surface area contributed by atoms with Crippen molar-refractivity contribution in [3.8, 4) is 0 Å². The predicted molar refractivity (Wildman–Crippen MR) is 62.6 cm³/mol. The average molecular weight is 241 g/mol. The van der Waals surface area contributed by atoms with Crippen LogP contribution in [0.5, 0.6) is 0 Å². The fraction of sp³-hybridized carbons (Fsp3) is 0.462. The van der Waals surface area contributed by atoms with Crippen molar-refractivity contribution < 1.29 is 13.6 Å². The number of benzene rings is 1. The van der Waals surface area contributed by atoms with E-state index in [1.54, 1.807) is 6.92 Å². The first-order valence-electron chi connectivity index (χ1n) is 5.63. The van der Waals surface area contributed by atoms with Crippen molar-refractivity contribution in [3.05, 3.63) is 35.4 Å². The number of rotatable bonds is 5. The van der Waals surface area contributed by atoms with Crippen molar-refractivity contribution in [2.75, 3.05) is 0 Å². The Morgan fingerprint density at radius 3 is 2.35 bits per heavy atom. The van der Waals surface area contributed by atoms with Crippen LogP contribution < -0.4 is 5.73 Å². The SMILES string of the molecule is CCCC(C)(N)C(=O)Cc1c(F)cccc1F. The lowest BCUT2D eigenvalue weighted by molar-refractivity contribution is -0.123. The second kappa shape index (κ2) is 5.36. The molecule has 2 nitrogen and oxygen atoms in total. The van der Waals surface area contributed by atoms with Crippen LogP contribution in [0.2, 0.25) is 0 Å². The number of ketones is 1. The minimum Gasteiger partial charge on any atom is -0.319 e. The molecule has 17 heavy (non-hydrogen) atoms. The van der Waals surface area contributed by atoms with E-state index in [9.17, 15) is 13.6 Å². The summed E-state index contributed by atoms with van der Waals surface area (Å²) in [6.07, 6.45) is 0.950. The smallest absolute Gasteiger partial charge is 0.156 e. The van der Waals surface area contributed by atoms with Crippen molar-refractivity contribution in [3.63, 3.8) is 0 Å². The van der Waals surface area contributed by atoms with E-state index in [0.717, 1.165) is 18.6 Å². The first-order valence-corrected chi connectivity index (χ1v) is 5.63.